The van der Waals surface area contributed by atoms with Gasteiger partial charge in [0, 0.05) is 56.6 Å². The highest BCUT2D eigenvalue weighted by Gasteiger charge is 2.37. The molecule has 22 heteroatoms. The molecule has 0 heterocycles. The minimum atomic E-state index is -0.460. The van der Waals surface area contributed by atoms with Crippen LogP contribution in [0.4, 0.5) is 0 Å². The number of hydrogen-bond donors (Lipinski definition) is 5. The number of benzene rings is 7. The monoisotopic (exact) mass is 1390 g/mol. The molecule has 20 nitrogen and oxygen atoms in total. The van der Waals surface area contributed by atoms with E-state index in [1.54, 1.807) is 11.8 Å². The van der Waals surface area contributed by atoms with E-state index in [9.17, 15) is 28.8 Å². The summed E-state index contributed by atoms with van der Waals surface area (Å²) in [6.45, 7) is 5.01. The van der Waals surface area contributed by atoms with E-state index in [2.05, 4.69) is 155 Å². The highest BCUT2D eigenvalue weighted by molar-refractivity contribution is 8.00. The lowest BCUT2D eigenvalue weighted by atomic mass is 9.84. The van der Waals surface area contributed by atoms with Crippen molar-refractivity contribution in [2.24, 2.45) is 0 Å². The summed E-state index contributed by atoms with van der Waals surface area (Å²) in [7, 11) is 0. The first-order chi connectivity index (χ1) is 48.7. The first kappa shape index (κ1) is 76.5. The number of fused-ring (bicyclic) bond motifs is 6. The summed E-state index contributed by atoms with van der Waals surface area (Å²) in [6, 6.07) is 64.0. The third-order valence-electron chi connectivity index (χ3n) is 15.9. The summed E-state index contributed by atoms with van der Waals surface area (Å²) in [4.78, 5) is 72.4. The lowest BCUT2D eigenvalue weighted by Gasteiger charge is -2.35. The standard InChI is InChI=1S/C48H52N2O8S.C29H38N2O8S/c51-45(24-33-59-48(37-14-4-1-5-15-37,38-16-6-2-7-17-38)39-18-8-3-9-19-39)49-25-27-54-29-30-55-28-26-50-46(52)35-56-31-32-57-36-47(53)58-34-44-42-22-12-10-20-40(42)41-21-11-13-23-43(41)44;32-27(9-18-40)30-10-12-35-14-15-36-13-11-31-28(33)20-37-16-17-38-21-29(34)39-19-26-24-7-3-1-5-22(24)23-6-2-4-8-25(23)26/h1-23,44H,24-36H2,(H,49,51)(H,50,52);1-8,26,40H,9-21H2,(H,30,32)(H,31,33). The quantitative estimate of drug-likeness (QED) is 0.0104. The molecule has 0 aromatic heterocycles. The number of thioether (sulfide) groups is 1. The van der Waals surface area contributed by atoms with Crippen LogP contribution in [0, 0.1) is 0 Å². The Labute approximate surface area is 589 Å². The summed E-state index contributed by atoms with van der Waals surface area (Å²) in [5.41, 5.74) is 12.8. The highest BCUT2D eigenvalue weighted by Crippen LogP contribution is 2.49. The van der Waals surface area contributed by atoms with Crippen molar-refractivity contribution in [3.8, 4) is 22.3 Å². The Hall–Kier alpha value is -8.26. The van der Waals surface area contributed by atoms with Crippen LogP contribution in [0.25, 0.3) is 22.3 Å². The van der Waals surface area contributed by atoms with Gasteiger partial charge in [0.15, 0.2) is 0 Å². The second kappa shape index (κ2) is 44.0. The first-order valence-electron chi connectivity index (χ1n) is 33.4. The molecule has 0 bridgehead atoms. The normalized spacial score (nSPS) is 12.1. The fourth-order valence-corrected chi connectivity index (χ4v) is 13.0. The van der Waals surface area contributed by atoms with E-state index >= 15 is 0 Å². The van der Waals surface area contributed by atoms with Gasteiger partial charge in [0.1, 0.15) is 39.6 Å². The van der Waals surface area contributed by atoms with Gasteiger partial charge in [-0.25, -0.2) is 9.59 Å². The lowest BCUT2D eigenvalue weighted by Crippen LogP contribution is -2.31. The van der Waals surface area contributed by atoms with E-state index in [0.717, 1.165) is 22.3 Å². The van der Waals surface area contributed by atoms with Crippen LogP contribution in [0.5, 0.6) is 0 Å². The lowest BCUT2D eigenvalue weighted by molar-refractivity contribution is -0.150. The van der Waals surface area contributed by atoms with Gasteiger partial charge in [-0.2, -0.15) is 12.6 Å². The van der Waals surface area contributed by atoms with Crippen molar-refractivity contribution in [3.63, 3.8) is 0 Å². The van der Waals surface area contributed by atoms with Crippen molar-refractivity contribution in [1.82, 2.24) is 21.3 Å². The van der Waals surface area contributed by atoms with Crippen LogP contribution in [0.15, 0.2) is 188 Å². The van der Waals surface area contributed by atoms with Gasteiger partial charge in [-0.05, 0) is 67.0 Å². The molecule has 0 radical (unpaired) electrons. The van der Waals surface area contributed by atoms with Crippen LogP contribution in [0.3, 0.4) is 0 Å². The number of nitrogens with one attached hydrogen (secondary N) is 4. The van der Waals surface area contributed by atoms with E-state index in [1.807, 2.05) is 66.7 Å². The minimum absolute atomic E-state index is 0.00512. The van der Waals surface area contributed by atoms with Crippen molar-refractivity contribution in [2.45, 2.75) is 29.4 Å². The van der Waals surface area contributed by atoms with E-state index in [4.69, 9.17) is 47.4 Å². The van der Waals surface area contributed by atoms with Crippen LogP contribution < -0.4 is 21.3 Å². The molecule has 2 aliphatic carbocycles. The van der Waals surface area contributed by atoms with Gasteiger partial charge in [-0.3, -0.25) is 19.2 Å². The largest absolute Gasteiger partial charge is 0.463 e. The number of ether oxygens (including phenoxy) is 10. The Morgan fingerprint density at radius 2 is 0.616 bits per heavy atom. The zero-order valence-electron chi connectivity index (χ0n) is 55.8. The van der Waals surface area contributed by atoms with Gasteiger partial charge in [0.05, 0.1) is 84.0 Å². The van der Waals surface area contributed by atoms with Gasteiger partial charge < -0.3 is 68.6 Å². The second-order valence-corrected chi connectivity index (χ2v) is 24.5. The summed E-state index contributed by atoms with van der Waals surface area (Å²) in [5.74, 6) is -0.366. The maximum atomic E-state index is 12.8. The molecular weight excluding hydrogens is 1300 g/mol. The molecule has 0 saturated carbocycles. The number of esters is 2. The molecule has 0 fully saturated rings. The average molecular weight is 1390 g/mol. The molecule has 526 valence electrons. The SMILES string of the molecule is O=C(CCS)NCCOCCOCCNC(=O)COCCOCC(=O)OCC1c2ccccc2-c2ccccc21.O=C(CCSC(c1ccccc1)(c1ccccc1)c1ccccc1)NCCOCCOCCNC(=O)COCCOCC(=O)OCC1c2ccccc2-c2ccccc21. The molecule has 0 aliphatic heterocycles. The molecule has 2 aliphatic rings. The third kappa shape index (κ3) is 25.1. The molecule has 0 saturated heterocycles. The van der Waals surface area contributed by atoms with Gasteiger partial charge in [0.2, 0.25) is 23.6 Å². The van der Waals surface area contributed by atoms with Crippen LogP contribution >= 0.6 is 24.4 Å². The topological polar surface area (TPSA) is 243 Å². The molecule has 0 atom stereocenters. The Balaban J connectivity index is 0.000000272. The molecular formula is C77H90N4O16S2. The van der Waals surface area contributed by atoms with Crippen LogP contribution in [-0.4, -0.2) is 192 Å². The predicted molar refractivity (Wildman–Crippen MR) is 383 cm³/mol. The molecule has 7 aromatic carbocycles. The minimum Gasteiger partial charge on any atom is -0.463 e. The fourth-order valence-electron chi connectivity index (χ4n) is 11.3. The van der Waals surface area contributed by atoms with E-state index in [0.29, 0.717) is 103 Å². The van der Waals surface area contributed by atoms with Gasteiger partial charge >= 0.3 is 11.9 Å². The van der Waals surface area contributed by atoms with E-state index in [1.165, 1.54) is 38.9 Å². The van der Waals surface area contributed by atoms with Crippen LogP contribution in [0.2, 0.25) is 0 Å². The summed E-state index contributed by atoms with van der Waals surface area (Å²) in [5, 5.41) is 11.1. The Morgan fingerprint density at radius 3 is 0.949 bits per heavy atom. The van der Waals surface area contributed by atoms with Gasteiger partial charge in [-0.15, -0.1) is 11.8 Å². The van der Waals surface area contributed by atoms with Crippen molar-refractivity contribution in [3.05, 3.63) is 227 Å². The van der Waals surface area contributed by atoms with Crippen LogP contribution in [-0.2, 0) is 80.9 Å². The molecule has 4 amide bonds. The van der Waals surface area contributed by atoms with E-state index < -0.39 is 16.7 Å². The summed E-state index contributed by atoms with van der Waals surface area (Å²) >= 11 is 5.76. The summed E-state index contributed by atoms with van der Waals surface area (Å²) in [6.07, 6.45) is 0.761. The van der Waals surface area contributed by atoms with Crippen molar-refractivity contribution < 1.29 is 76.1 Å². The van der Waals surface area contributed by atoms with Crippen molar-refractivity contribution >= 4 is 60.0 Å². The highest BCUT2D eigenvalue weighted by atomic mass is 32.2. The Kier molecular flexibility index (Phi) is 34.0. The Bertz CT molecular complexity index is 3390. The van der Waals surface area contributed by atoms with Crippen molar-refractivity contribution in [1.29, 1.82) is 0 Å². The number of rotatable bonds is 45. The smallest absolute Gasteiger partial charge is 0.332 e. The zero-order valence-corrected chi connectivity index (χ0v) is 57.5. The molecule has 7 aromatic rings. The maximum Gasteiger partial charge on any atom is 0.332 e. The van der Waals surface area contributed by atoms with Gasteiger partial charge in [0.25, 0.3) is 0 Å². The van der Waals surface area contributed by atoms with Crippen LogP contribution in [0.1, 0.15) is 63.6 Å². The average Bonchev–Trinajstić information content (AvgIpc) is 1.65. The number of hydrogen-bond acceptors (Lipinski definition) is 18. The predicted octanol–water partition coefficient (Wildman–Crippen LogP) is 8.72. The summed E-state index contributed by atoms with van der Waals surface area (Å²) < 4.78 is 53.8. The fraction of sp³-hybridized carbons (Fsp3) is 0.377. The van der Waals surface area contributed by atoms with E-state index in [-0.39, 0.29) is 102 Å². The second-order valence-electron chi connectivity index (χ2n) is 22.7. The third-order valence-corrected chi connectivity index (χ3v) is 17.7. The molecule has 4 N–H and O–H groups in total. The van der Waals surface area contributed by atoms with Gasteiger partial charge in [-0.1, -0.05) is 188 Å². The maximum absolute atomic E-state index is 12.8. The first-order valence-corrected chi connectivity index (χ1v) is 35.1. The number of carbonyl (C=O) groups excluding carboxylic acids is 6. The Morgan fingerprint density at radius 1 is 0.333 bits per heavy atom. The number of amides is 4. The molecule has 0 spiro atoms. The molecule has 0 unspecified atom stereocenters. The van der Waals surface area contributed by atoms with Crippen molar-refractivity contribution in [2.75, 3.05) is 157 Å². The molecule has 9 rings (SSSR count). The molecule has 99 heavy (non-hydrogen) atoms. The number of thiol groups is 1. The number of carbonyl (C=O) groups is 6. The zero-order chi connectivity index (χ0) is 69.4.